The van der Waals surface area contributed by atoms with E-state index in [-0.39, 0.29) is 23.7 Å². The molecule has 23 heavy (non-hydrogen) atoms. The zero-order valence-corrected chi connectivity index (χ0v) is 12.7. The number of anilines is 1. The Hall–Kier alpha value is -2.59. The number of aromatic nitrogens is 2. The van der Waals surface area contributed by atoms with Crippen LogP contribution in [0.4, 0.5) is 10.2 Å². The number of terminal acetylenes is 1. The summed E-state index contributed by atoms with van der Waals surface area (Å²) in [6.45, 7) is 0. The first-order valence-corrected chi connectivity index (χ1v) is 7.83. The first-order valence-electron chi connectivity index (χ1n) is 6.84. The number of halogens is 1. The number of thioether (sulfide) groups is 1. The number of H-pyrrole nitrogens is 1. The summed E-state index contributed by atoms with van der Waals surface area (Å²) >= 11 is 1.19. The molecule has 0 aliphatic carbocycles. The van der Waals surface area contributed by atoms with E-state index in [0.29, 0.717) is 22.0 Å². The molecular weight excluding hydrogens is 317 g/mol. The molecule has 0 bridgehead atoms. The second kappa shape index (κ2) is 6.26. The number of nitrogens with zero attached hydrogens (tertiary/aromatic N) is 1. The van der Waals surface area contributed by atoms with Gasteiger partial charge >= 0.3 is 0 Å². The van der Waals surface area contributed by atoms with Gasteiger partial charge in [0.1, 0.15) is 11.6 Å². The van der Waals surface area contributed by atoms with Crippen molar-refractivity contribution in [2.45, 2.75) is 17.5 Å². The van der Waals surface area contributed by atoms with Crippen LogP contribution in [-0.2, 0) is 4.79 Å². The minimum absolute atomic E-state index is 0.0675. The molecule has 2 aromatic rings. The van der Waals surface area contributed by atoms with Crippen molar-refractivity contribution in [1.29, 1.82) is 0 Å². The number of rotatable bonds is 3. The third kappa shape index (κ3) is 3.12. The highest BCUT2D eigenvalue weighted by Gasteiger charge is 2.31. The Morgan fingerprint density at radius 3 is 3.00 bits per heavy atom. The van der Waals surface area contributed by atoms with E-state index >= 15 is 0 Å². The molecule has 0 saturated carbocycles. The van der Waals surface area contributed by atoms with E-state index in [2.05, 4.69) is 21.2 Å². The van der Waals surface area contributed by atoms with E-state index in [1.807, 2.05) is 0 Å². The van der Waals surface area contributed by atoms with Gasteiger partial charge in [0, 0.05) is 12.3 Å². The lowest BCUT2D eigenvalue weighted by atomic mass is 9.87. The number of fused-ring (bicyclic) bond motifs is 1. The molecule has 1 aromatic carbocycles. The van der Waals surface area contributed by atoms with Crippen LogP contribution in [0.3, 0.4) is 0 Å². The van der Waals surface area contributed by atoms with Crippen LogP contribution in [0.25, 0.3) is 0 Å². The number of carbonyl (C=O) groups excluding carboxylic acids is 1. The highest BCUT2D eigenvalue weighted by molar-refractivity contribution is 7.99. The minimum atomic E-state index is -0.530. The van der Waals surface area contributed by atoms with Crippen LogP contribution >= 0.6 is 11.8 Å². The normalized spacial score (nSPS) is 16.3. The van der Waals surface area contributed by atoms with Crippen molar-refractivity contribution < 1.29 is 9.18 Å². The molecule has 1 aliphatic rings. The first-order chi connectivity index (χ1) is 11.1. The summed E-state index contributed by atoms with van der Waals surface area (Å²) in [5, 5.41) is 2.94. The summed E-state index contributed by atoms with van der Waals surface area (Å²) < 4.78 is 13.5. The van der Waals surface area contributed by atoms with Crippen LogP contribution in [0.15, 0.2) is 34.2 Å². The smallest absolute Gasteiger partial charge is 0.257 e. The molecule has 5 nitrogen and oxygen atoms in total. The van der Waals surface area contributed by atoms with Gasteiger partial charge in [-0.25, -0.2) is 9.37 Å². The molecule has 7 heteroatoms. The first kappa shape index (κ1) is 15.3. The Morgan fingerprint density at radius 2 is 2.26 bits per heavy atom. The van der Waals surface area contributed by atoms with Gasteiger partial charge < -0.3 is 10.3 Å². The predicted molar refractivity (Wildman–Crippen MR) is 85.9 cm³/mol. The standard InChI is InChI=1S/C16H12FN3O2S/c1-2-6-23-16-19-14-13(15(22)20-16)11(8-12(21)18-14)9-4-3-5-10(17)7-9/h1,3-5,7,11H,6,8H2,(H2,18,19,20,21,22)/t11-/m0/s1. The Bertz CT molecular complexity index is 872. The fourth-order valence-corrected chi connectivity index (χ4v) is 3.08. The lowest BCUT2D eigenvalue weighted by Gasteiger charge is -2.24. The summed E-state index contributed by atoms with van der Waals surface area (Å²) in [7, 11) is 0. The van der Waals surface area contributed by atoms with Gasteiger partial charge in [-0.1, -0.05) is 29.8 Å². The fourth-order valence-electron chi connectivity index (χ4n) is 2.54. The van der Waals surface area contributed by atoms with Gasteiger partial charge in [-0.2, -0.15) is 0 Å². The maximum absolute atomic E-state index is 13.5. The molecule has 1 aromatic heterocycles. The molecule has 1 amide bonds. The Labute approximate surface area is 135 Å². The number of nitrogens with one attached hydrogen (secondary N) is 2. The molecule has 0 saturated heterocycles. The van der Waals surface area contributed by atoms with E-state index in [9.17, 15) is 14.0 Å². The van der Waals surface area contributed by atoms with Crippen molar-refractivity contribution in [2.75, 3.05) is 11.1 Å². The average Bonchev–Trinajstić information content (AvgIpc) is 2.51. The highest BCUT2D eigenvalue weighted by atomic mass is 32.2. The lowest BCUT2D eigenvalue weighted by Crippen LogP contribution is -2.31. The Balaban J connectivity index is 2.09. The van der Waals surface area contributed by atoms with Gasteiger partial charge in [-0.15, -0.1) is 6.42 Å². The summed E-state index contributed by atoms with van der Waals surface area (Å²) in [4.78, 5) is 31.3. The van der Waals surface area contributed by atoms with Gasteiger partial charge in [0.25, 0.3) is 5.56 Å². The van der Waals surface area contributed by atoms with Crippen LogP contribution in [0.2, 0.25) is 0 Å². The van der Waals surface area contributed by atoms with Gasteiger partial charge in [-0.3, -0.25) is 9.59 Å². The molecule has 1 atom stereocenters. The predicted octanol–water partition coefficient (Wildman–Crippen LogP) is 2.11. The Kier molecular flexibility index (Phi) is 4.17. The molecule has 2 N–H and O–H groups in total. The van der Waals surface area contributed by atoms with Crippen molar-refractivity contribution >= 4 is 23.5 Å². The van der Waals surface area contributed by atoms with E-state index in [0.717, 1.165) is 0 Å². The van der Waals surface area contributed by atoms with Crippen molar-refractivity contribution in [3.05, 3.63) is 51.6 Å². The topological polar surface area (TPSA) is 74.8 Å². The number of carbonyl (C=O) groups is 1. The van der Waals surface area contributed by atoms with Crippen molar-refractivity contribution in [3.63, 3.8) is 0 Å². The van der Waals surface area contributed by atoms with Gasteiger partial charge in [0.2, 0.25) is 5.91 Å². The number of hydrogen-bond donors (Lipinski definition) is 2. The monoisotopic (exact) mass is 329 g/mol. The fraction of sp³-hybridized carbons (Fsp3) is 0.188. The van der Waals surface area contributed by atoms with Crippen LogP contribution in [-0.4, -0.2) is 21.6 Å². The zero-order chi connectivity index (χ0) is 16.4. The van der Waals surface area contributed by atoms with Crippen molar-refractivity contribution in [3.8, 4) is 12.3 Å². The number of hydrogen-bond acceptors (Lipinski definition) is 4. The Morgan fingerprint density at radius 1 is 1.43 bits per heavy atom. The molecular formula is C16H12FN3O2S. The number of amides is 1. The van der Waals surface area contributed by atoms with Gasteiger partial charge in [0.05, 0.1) is 11.3 Å². The largest absolute Gasteiger partial charge is 0.310 e. The van der Waals surface area contributed by atoms with E-state index in [1.165, 1.54) is 23.9 Å². The van der Waals surface area contributed by atoms with E-state index < -0.39 is 11.7 Å². The second-order valence-electron chi connectivity index (χ2n) is 4.99. The van der Waals surface area contributed by atoms with Crippen molar-refractivity contribution in [2.24, 2.45) is 0 Å². The summed E-state index contributed by atoms with van der Waals surface area (Å²) in [6, 6.07) is 5.88. The quantitative estimate of drug-likeness (QED) is 0.514. The average molecular weight is 329 g/mol. The van der Waals surface area contributed by atoms with Crippen LogP contribution in [0.1, 0.15) is 23.5 Å². The van der Waals surface area contributed by atoms with Crippen LogP contribution < -0.4 is 10.9 Å². The molecule has 1 aliphatic heterocycles. The lowest BCUT2D eigenvalue weighted by molar-refractivity contribution is -0.116. The maximum Gasteiger partial charge on any atom is 0.257 e. The molecule has 116 valence electrons. The molecule has 0 spiro atoms. The zero-order valence-electron chi connectivity index (χ0n) is 11.9. The third-order valence-corrected chi connectivity index (χ3v) is 4.25. The molecule has 2 heterocycles. The maximum atomic E-state index is 13.5. The molecule has 3 rings (SSSR count). The summed E-state index contributed by atoms with van der Waals surface area (Å²) in [5.74, 6) is 1.78. The third-order valence-electron chi connectivity index (χ3n) is 3.47. The van der Waals surface area contributed by atoms with Crippen molar-refractivity contribution in [1.82, 2.24) is 9.97 Å². The summed E-state index contributed by atoms with van der Waals surface area (Å²) in [6.07, 6.45) is 5.26. The molecule has 0 fully saturated rings. The van der Waals surface area contributed by atoms with Crippen LogP contribution in [0, 0.1) is 18.2 Å². The number of aromatic amines is 1. The number of benzene rings is 1. The van der Waals surface area contributed by atoms with Crippen LogP contribution in [0.5, 0.6) is 0 Å². The summed E-state index contributed by atoms with van der Waals surface area (Å²) in [5.41, 5.74) is 0.543. The van der Waals surface area contributed by atoms with Gasteiger partial charge in [-0.05, 0) is 17.7 Å². The SMILES string of the molecule is C#CCSc1nc2c(c(=O)[nH]1)[C@H](c1cccc(F)c1)CC(=O)N2. The molecule has 0 radical (unpaired) electrons. The molecule has 0 unspecified atom stereocenters. The van der Waals surface area contributed by atoms with Gasteiger partial charge in [0.15, 0.2) is 5.16 Å². The second-order valence-corrected chi connectivity index (χ2v) is 5.95. The highest BCUT2D eigenvalue weighted by Crippen LogP contribution is 2.34. The van der Waals surface area contributed by atoms with E-state index in [1.54, 1.807) is 12.1 Å². The van der Waals surface area contributed by atoms with E-state index in [4.69, 9.17) is 6.42 Å². The minimum Gasteiger partial charge on any atom is -0.310 e.